The van der Waals surface area contributed by atoms with Crippen molar-refractivity contribution < 1.29 is 18.6 Å². The Morgan fingerprint density at radius 3 is 2.89 bits per heavy atom. The zero-order chi connectivity index (χ0) is 13.3. The first-order valence-electron chi connectivity index (χ1n) is 5.34. The molecule has 1 atom stereocenters. The predicted molar refractivity (Wildman–Crippen MR) is 66.2 cm³/mol. The van der Waals surface area contributed by atoms with Crippen LogP contribution >= 0.6 is 11.6 Å². The van der Waals surface area contributed by atoms with E-state index in [1.54, 1.807) is 19.1 Å². The number of nitrogens with one attached hydrogen (secondary N) is 1. The highest BCUT2D eigenvalue weighted by Gasteiger charge is 2.18. The van der Waals surface area contributed by atoms with Crippen LogP contribution in [0.3, 0.4) is 0 Å². The van der Waals surface area contributed by atoms with Crippen LogP contribution in [0, 0.1) is 0 Å². The Kier molecular flexibility index (Phi) is 3.73. The molecule has 0 saturated heterocycles. The van der Waals surface area contributed by atoms with E-state index in [1.807, 2.05) is 0 Å². The van der Waals surface area contributed by atoms with E-state index in [2.05, 4.69) is 5.32 Å². The number of fused-ring (bicyclic) bond motifs is 1. The Bertz CT molecular complexity index is 491. The van der Waals surface area contributed by atoms with E-state index in [4.69, 9.17) is 16.3 Å². The van der Waals surface area contributed by atoms with Crippen molar-refractivity contribution in [2.24, 2.45) is 0 Å². The summed E-state index contributed by atoms with van der Waals surface area (Å²) in [4.78, 5) is 0. The Morgan fingerprint density at radius 1 is 1.50 bits per heavy atom. The number of ether oxygens (including phenoxy) is 1. The van der Waals surface area contributed by atoms with Crippen LogP contribution in [0.2, 0.25) is 5.02 Å². The molecular formula is C12H12ClF2NO2. The predicted octanol–water partition coefficient (Wildman–Crippen LogP) is 3.13. The molecule has 1 aromatic carbocycles. The van der Waals surface area contributed by atoms with Gasteiger partial charge >= 0.3 is 0 Å². The van der Waals surface area contributed by atoms with Gasteiger partial charge < -0.3 is 15.2 Å². The molecular weight excluding hydrogens is 264 g/mol. The molecule has 0 radical (unpaired) electrons. The highest BCUT2D eigenvalue weighted by molar-refractivity contribution is 6.32. The third kappa shape index (κ3) is 2.73. The number of anilines is 1. The van der Waals surface area contributed by atoms with Crippen molar-refractivity contribution in [3.63, 3.8) is 0 Å². The fourth-order valence-corrected chi connectivity index (χ4v) is 1.89. The first-order chi connectivity index (χ1) is 8.47. The molecule has 1 aliphatic rings. The summed E-state index contributed by atoms with van der Waals surface area (Å²) in [5, 5.41) is 12.7. The number of benzene rings is 1. The zero-order valence-electron chi connectivity index (χ0n) is 9.58. The number of hydrogen-bond donors (Lipinski definition) is 2. The van der Waals surface area contributed by atoms with Gasteiger partial charge in [0, 0.05) is 11.8 Å². The standard InChI is InChI=1S/C12H12ClF2NO2/c1-6-2-7-3-8(13)10(18-5-11(14)15)4-9(7)16-12(6)17/h2-4,11-12,16-17H,5H2,1H3. The molecule has 0 aromatic heterocycles. The lowest BCUT2D eigenvalue weighted by Crippen LogP contribution is -2.23. The third-order valence-electron chi connectivity index (χ3n) is 2.58. The van der Waals surface area contributed by atoms with Crippen molar-refractivity contribution >= 4 is 23.4 Å². The van der Waals surface area contributed by atoms with Crippen molar-refractivity contribution in [1.82, 2.24) is 0 Å². The maximum Gasteiger partial charge on any atom is 0.272 e. The molecule has 2 rings (SSSR count). The first kappa shape index (κ1) is 13.1. The molecule has 18 heavy (non-hydrogen) atoms. The lowest BCUT2D eigenvalue weighted by atomic mass is 10.0. The Hall–Kier alpha value is -1.33. The van der Waals surface area contributed by atoms with Gasteiger partial charge in [0.2, 0.25) is 0 Å². The highest BCUT2D eigenvalue weighted by atomic mass is 35.5. The molecule has 0 bridgehead atoms. The molecule has 2 N–H and O–H groups in total. The number of hydrogen-bond acceptors (Lipinski definition) is 3. The molecule has 3 nitrogen and oxygen atoms in total. The van der Waals surface area contributed by atoms with Gasteiger partial charge in [0.25, 0.3) is 6.43 Å². The first-order valence-corrected chi connectivity index (χ1v) is 5.72. The van der Waals surface area contributed by atoms with Crippen LogP contribution in [0.25, 0.3) is 6.08 Å². The van der Waals surface area contributed by atoms with Gasteiger partial charge in [0.05, 0.1) is 5.02 Å². The number of halogens is 3. The van der Waals surface area contributed by atoms with Crippen molar-refractivity contribution in [3.05, 3.63) is 28.3 Å². The minimum atomic E-state index is -2.56. The normalized spacial score (nSPS) is 18.1. The molecule has 6 heteroatoms. The fraction of sp³-hybridized carbons (Fsp3) is 0.333. The minimum Gasteiger partial charge on any atom is -0.486 e. The van der Waals surface area contributed by atoms with Crippen LogP contribution in [-0.2, 0) is 0 Å². The zero-order valence-corrected chi connectivity index (χ0v) is 10.3. The summed E-state index contributed by atoms with van der Waals surface area (Å²) in [6, 6.07) is 3.12. The number of rotatable bonds is 3. The largest absolute Gasteiger partial charge is 0.486 e. The molecule has 0 aliphatic carbocycles. The van der Waals surface area contributed by atoms with Crippen molar-refractivity contribution in [2.45, 2.75) is 19.6 Å². The summed E-state index contributed by atoms with van der Waals surface area (Å²) in [5.41, 5.74) is 2.13. The van der Waals surface area contributed by atoms with E-state index in [0.717, 1.165) is 11.1 Å². The van der Waals surface area contributed by atoms with E-state index in [-0.39, 0.29) is 10.8 Å². The topological polar surface area (TPSA) is 41.5 Å². The highest BCUT2D eigenvalue weighted by Crippen LogP contribution is 2.35. The van der Waals surface area contributed by atoms with Crippen LogP contribution in [0.1, 0.15) is 12.5 Å². The average molecular weight is 276 g/mol. The maximum atomic E-state index is 12.1. The van der Waals surface area contributed by atoms with Crippen LogP contribution < -0.4 is 10.1 Å². The molecule has 0 spiro atoms. The average Bonchev–Trinajstić information content (AvgIpc) is 2.29. The number of alkyl halides is 2. The minimum absolute atomic E-state index is 0.170. The van der Waals surface area contributed by atoms with Gasteiger partial charge in [0.1, 0.15) is 18.6 Å². The van der Waals surface area contributed by atoms with E-state index in [1.165, 1.54) is 6.07 Å². The Morgan fingerprint density at radius 2 is 2.22 bits per heavy atom. The molecule has 1 heterocycles. The Labute approximate surface area is 108 Å². The van der Waals surface area contributed by atoms with E-state index in [0.29, 0.717) is 5.69 Å². The summed E-state index contributed by atoms with van der Waals surface area (Å²) in [6.45, 7) is 1.06. The van der Waals surface area contributed by atoms with E-state index >= 15 is 0 Å². The molecule has 1 unspecified atom stereocenters. The van der Waals surface area contributed by atoms with Crippen LogP contribution in [-0.4, -0.2) is 24.4 Å². The van der Waals surface area contributed by atoms with Crippen LogP contribution in [0.5, 0.6) is 5.75 Å². The molecule has 0 saturated carbocycles. The summed E-state index contributed by atoms with van der Waals surface area (Å²) < 4.78 is 29.0. The second-order valence-electron chi connectivity index (χ2n) is 4.01. The lowest BCUT2D eigenvalue weighted by Gasteiger charge is -2.23. The molecule has 98 valence electrons. The van der Waals surface area contributed by atoms with Crippen molar-refractivity contribution in [2.75, 3.05) is 11.9 Å². The molecule has 1 aliphatic heterocycles. The monoisotopic (exact) mass is 275 g/mol. The summed E-state index contributed by atoms with van der Waals surface area (Å²) >= 11 is 5.94. The quantitative estimate of drug-likeness (QED) is 0.890. The maximum absolute atomic E-state index is 12.1. The second kappa shape index (κ2) is 5.12. The smallest absolute Gasteiger partial charge is 0.272 e. The number of aliphatic hydroxyl groups is 1. The van der Waals surface area contributed by atoms with Gasteiger partial charge in [-0.15, -0.1) is 0 Å². The summed E-state index contributed by atoms with van der Waals surface area (Å²) in [6.07, 6.45) is -1.57. The second-order valence-corrected chi connectivity index (χ2v) is 4.41. The van der Waals surface area contributed by atoms with E-state index in [9.17, 15) is 13.9 Å². The Balaban J connectivity index is 2.29. The van der Waals surface area contributed by atoms with Gasteiger partial charge in [-0.2, -0.15) is 0 Å². The lowest BCUT2D eigenvalue weighted by molar-refractivity contribution is 0.0819. The van der Waals surface area contributed by atoms with Gasteiger partial charge in [-0.3, -0.25) is 0 Å². The van der Waals surface area contributed by atoms with Gasteiger partial charge in [-0.25, -0.2) is 8.78 Å². The SMILES string of the molecule is CC1=Cc2cc(Cl)c(OCC(F)F)cc2NC1O. The fourth-order valence-electron chi connectivity index (χ4n) is 1.66. The number of aliphatic hydroxyl groups excluding tert-OH is 1. The molecule has 0 amide bonds. The van der Waals surface area contributed by atoms with Crippen LogP contribution in [0.4, 0.5) is 14.5 Å². The molecule has 0 fully saturated rings. The third-order valence-corrected chi connectivity index (χ3v) is 2.87. The van der Waals surface area contributed by atoms with Gasteiger partial charge in [-0.1, -0.05) is 11.6 Å². The van der Waals surface area contributed by atoms with Crippen molar-refractivity contribution in [3.8, 4) is 5.75 Å². The molecule has 1 aromatic rings. The summed E-state index contributed by atoms with van der Waals surface area (Å²) in [7, 11) is 0. The van der Waals surface area contributed by atoms with E-state index < -0.39 is 19.3 Å². The van der Waals surface area contributed by atoms with Crippen LogP contribution in [0.15, 0.2) is 17.7 Å². The van der Waals surface area contributed by atoms with Gasteiger partial charge in [0.15, 0.2) is 0 Å². The summed E-state index contributed by atoms with van der Waals surface area (Å²) in [5.74, 6) is 0.170. The van der Waals surface area contributed by atoms with Gasteiger partial charge in [-0.05, 0) is 30.2 Å². The van der Waals surface area contributed by atoms with Crippen molar-refractivity contribution in [1.29, 1.82) is 0 Å².